The third-order valence-corrected chi connectivity index (χ3v) is 4.84. The molecule has 1 N–H and O–H groups in total. The number of aryl methyl sites for hydroxylation is 1. The summed E-state index contributed by atoms with van der Waals surface area (Å²) >= 11 is 1.25. The number of nitrogens with one attached hydrogen (secondary N) is 1. The molecule has 0 saturated heterocycles. The summed E-state index contributed by atoms with van der Waals surface area (Å²) in [7, 11) is 0. The number of likely N-dealkylation sites (N-methyl/N-ethyl adjacent to an activating group) is 1. The molecule has 0 radical (unpaired) electrons. The van der Waals surface area contributed by atoms with Gasteiger partial charge in [-0.1, -0.05) is 12.1 Å². The fourth-order valence-electron chi connectivity index (χ4n) is 2.27. The monoisotopic (exact) mass is 392 g/mol. The smallest absolute Gasteiger partial charge is 0.349 e. The first-order chi connectivity index (χ1) is 12.9. The molecule has 6 nitrogen and oxygen atoms in total. The second kappa shape index (κ2) is 9.82. The van der Waals surface area contributed by atoms with E-state index in [0.29, 0.717) is 11.4 Å². The van der Waals surface area contributed by atoms with Crippen molar-refractivity contribution in [2.45, 2.75) is 20.4 Å². The van der Waals surface area contributed by atoms with Crippen molar-refractivity contribution in [1.29, 1.82) is 0 Å². The number of benzene rings is 1. The van der Waals surface area contributed by atoms with E-state index in [0.717, 1.165) is 11.1 Å². The van der Waals surface area contributed by atoms with Gasteiger partial charge in [-0.25, -0.2) is 9.18 Å². The number of hydrogen-bond donors (Lipinski definition) is 1. The molecule has 1 aromatic carbocycles. The van der Waals surface area contributed by atoms with Crippen molar-refractivity contribution in [1.82, 2.24) is 10.2 Å². The van der Waals surface area contributed by atoms with Crippen LogP contribution in [0.5, 0.6) is 0 Å². The van der Waals surface area contributed by atoms with E-state index < -0.39 is 18.5 Å². The Morgan fingerprint density at radius 1 is 1.19 bits per heavy atom. The van der Waals surface area contributed by atoms with Gasteiger partial charge in [-0.05, 0) is 48.6 Å². The fraction of sp³-hybridized carbons (Fsp3) is 0.316. The molecule has 0 aliphatic rings. The molecule has 0 saturated carbocycles. The first-order valence-corrected chi connectivity index (χ1v) is 9.28. The molecular formula is C19H21FN2O4S. The van der Waals surface area contributed by atoms with Crippen LogP contribution in [-0.4, -0.2) is 42.4 Å². The molecule has 0 atom stereocenters. The average molecular weight is 392 g/mol. The van der Waals surface area contributed by atoms with Gasteiger partial charge in [-0.15, -0.1) is 11.3 Å². The maximum absolute atomic E-state index is 12.9. The summed E-state index contributed by atoms with van der Waals surface area (Å²) < 4.78 is 17.9. The Balaban J connectivity index is 1.79. The van der Waals surface area contributed by atoms with Crippen molar-refractivity contribution in [2.24, 2.45) is 0 Å². The SMILES string of the molecule is CCN(CC(=O)NCc1ccc(F)cc1)C(=O)COC(=O)c1sccc1C. The number of rotatable bonds is 8. The van der Waals surface area contributed by atoms with Gasteiger partial charge in [0.25, 0.3) is 5.91 Å². The number of esters is 1. The van der Waals surface area contributed by atoms with Crippen molar-refractivity contribution in [2.75, 3.05) is 19.7 Å². The van der Waals surface area contributed by atoms with E-state index in [4.69, 9.17) is 4.74 Å². The Morgan fingerprint density at radius 2 is 1.89 bits per heavy atom. The van der Waals surface area contributed by atoms with Crippen molar-refractivity contribution in [3.8, 4) is 0 Å². The van der Waals surface area contributed by atoms with E-state index in [9.17, 15) is 18.8 Å². The zero-order valence-corrected chi connectivity index (χ0v) is 16.0. The molecule has 2 aromatic rings. The second-order valence-electron chi connectivity index (χ2n) is 5.82. The standard InChI is InChI=1S/C19H21FN2O4S/c1-3-22(11-16(23)21-10-14-4-6-15(20)7-5-14)17(24)12-26-19(25)18-13(2)8-9-27-18/h4-9H,3,10-12H2,1-2H3,(H,21,23). The normalized spacial score (nSPS) is 10.3. The highest BCUT2D eigenvalue weighted by atomic mass is 32.1. The van der Waals surface area contributed by atoms with Crippen molar-refractivity contribution >= 4 is 29.1 Å². The maximum Gasteiger partial charge on any atom is 0.349 e. The summed E-state index contributed by atoms with van der Waals surface area (Å²) in [5.41, 5.74) is 1.55. The lowest BCUT2D eigenvalue weighted by molar-refractivity contribution is -0.138. The van der Waals surface area contributed by atoms with E-state index in [1.165, 1.54) is 28.4 Å². The molecule has 0 aliphatic heterocycles. The Bertz CT molecular complexity index is 804. The van der Waals surface area contributed by atoms with Gasteiger partial charge in [0.2, 0.25) is 5.91 Å². The number of nitrogens with zero attached hydrogens (tertiary/aromatic N) is 1. The molecule has 0 bridgehead atoms. The van der Waals surface area contributed by atoms with Crippen LogP contribution in [-0.2, 0) is 20.9 Å². The van der Waals surface area contributed by atoms with Crippen LogP contribution in [0.1, 0.15) is 27.7 Å². The zero-order chi connectivity index (χ0) is 19.8. The Morgan fingerprint density at radius 3 is 2.48 bits per heavy atom. The summed E-state index contributed by atoms with van der Waals surface area (Å²) in [6.45, 7) is 3.49. The van der Waals surface area contributed by atoms with Gasteiger partial charge in [0, 0.05) is 13.1 Å². The molecule has 27 heavy (non-hydrogen) atoms. The fourth-order valence-corrected chi connectivity index (χ4v) is 3.09. The van der Waals surface area contributed by atoms with Crippen molar-refractivity contribution in [3.05, 3.63) is 57.5 Å². The molecule has 2 amide bonds. The summed E-state index contributed by atoms with van der Waals surface area (Å²) in [5.74, 6) is -1.69. The van der Waals surface area contributed by atoms with Crippen LogP contribution in [0.3, 0.4) is 0 Å². The van der Waals surface area contributed by atoms with Crippen LogP contribution >= 0.6 is 11.3 Å². The Kier molecular flexibility index (Phi) is 7.48. The third kappa shape index (κ3) is 6.18. The average Bonchev–Trinajstić information content (AvgIpc) is 3.09. The van der Waals surface area contributed by atoms with E-state index in [1.54, 1.807) is 37.4 Å². The van der Waals surface area contributed by atoms with Gasteiger partial charge in [0.15, 0.2) is 6.61 Å². The predicted molar refractivity (Wildman–Crippen MR) is 99.8 cm³/mol. The molecule has 0 spiro atoms. The van der Waals surface area contributed by atoms with E-state index in [2.05, 4.69) is 5.32 Å². The van der Waals surface area contributed by atoms with Gasteiger partial charge < -0.3 is 15.0 Å². The lowest BCUT2D eigenvalue weighted by Crippen LogP contribution is -2.42. The van der Waals surface area contributed by atoms with E-state index in [-0.39, 0.29) is 24.8 Å². The number of hydrogen-bond acceptors (Lipinski definition) is 5. The molecule has 0 aliphatic carbocycles. The van der Waals surface area contributed by atoms with Gasteiger partial charge in [-0.3, -0.25) is 9.59 Å². The van der Waals surface area contributed by atoms with Crippen molar-refractivity contribution < 1.29 is 23.5 Å². The van der Waals surface area contributed by atoms with Crippen molar-refractivity contribution in [3.63, 3.8) is 0 Å². The molecule has 0 fully saturated rings. The van der Waals surface area contributed by atoms with Gasteiger partial charge in [0.05, 0.1) is 6.54 Å². The van der Waals surface area contributed by atoms with Crippen LogP contribution in [0.25, 0.3) is 0 Å². The van der Waals surface area contributed by atoms with E-state index >= 15 is 0 Å². The highest BCUT2D eigenvalue weighted by Crippen LogP contribution is 2.16. The summed E-state index contributed by atoms with van der Waals surface area (Å²) in [6.07, 6.45) is 0. The largest absolute Gasteiger partial charge is 0.451 e. The number of amides is 2. The molecule has 1 aromatic heterocycles. The van der Waals surface area contributed by atoms with Crippen LogP contribution in [0.2, 0.25) is 0 Å². The van der Waals surface area contributed by atoms with E-state index in [1.807, 2.05) is 0 Å². The second-order valence-corrected chi connectivity index (χ2v) is 6.74. The molecule has 8 heteroatoms. The predicted octanol–water partition coefficient (Wildman–Crippen LogP) is 2.52. The Labute approximate surface area is 160 Å². The van der Waals surface area contributed by atoms with Crippen LogP contribution in [0, 0.1) is 12.7 Å². The summed E-state index contributed by atoms with van der Waals surface area (Å²) in [4.78, 5) is 38.0. The van der Waals surface area contributed by atoms with Crippen LogP contribution < -0.4 is 5.32 Å². The minimum Gasteiger partial charge on any atom is -0.451 e. The maximum atomic E-state index is 12.9. The zero-order valence-electron chi connectivity index (χ0n) is 15.2. The third-order valence-electron chi connectivity index (χ3n) is 3.85. The first-order valence-electron chi connectivity index (χ1n) is 8.40. The van der Waals surface area contributed by atoms with Gasteiger partial charge in [0.1, 0.15) is 10.7 Å². The lowest BCUT2D eigenvalue weighted by atomic mass is 10.2. The first kappa shape index (κ1) is 20.6. The minimum atomic E-state index is -0.548. The lowest BCUT2D eigenvalue weighted by Gasteiger charge is -2.20. The van der Waals surface area contributed by atoms with Gasteiger partial charge >= 0.3 is 5.97 Å². The highest BCUT2D eigenvalue weighted by Gasteiger charge is 2.19. The molecule has 144 valence electrons. The topological polar surface area (TPSA) is 75.7 Å². The quantitative estimate of drug-likeness (QED) is 0.701. The van der Waals surface area contributed by atoms with Crippen LogP contribution in [0.15, 0.2) is 35.7 Å². The Hall–Kier alpha value is -2.74. The summed E-state index contributed by atoms with van der Waals surface area (Å²) in [6, 6.07) is 7.57. The van der Waals surface area contributed by atoms with Crippen LogP contribution in [0.4, 0.5) is 4.39 Å². The number of carbonyl (C=O) groups is 3. The number of halogens is 1. The number of ether oxygens (including phenoxy) is 1. The molecular weight excluding hydrogens is 371 g/mol. The minimum absolute atomic E-state index is 0.147. The molecule has 1 heterocycles. The summed E-state index contributed by atoms with van der Waals surface area (Å²) in [5, 5.41) is 4.45. The number of thiophene rings is 1. The number of carbonyl (C=O) groups excluding carboxylic acids is 3. The molecule has 0 unspecified atom stereocenters. The molecule has 2 rings (SSSR count). The highest BCUT2D eigenvalue weighted by molar-refractivity contribution is 7.12. The van der Waals surface area contributed by atoms with Gasteiger partial charge in [-0.2, -0.15) is 0 Å².